The average molecular weight is 412 g/mol. The second kappa shape index (κ2) is 9.47. The van der Waals surface area contributed by atoms with Crippen LogP contribution in [0.2, 0.25) is 0 Å². The number of imide groups is 1. The highest BCUT2D eigenvalue weighted by molar-refractivity contribution is 7.18. The molecule has 0 saturated heterocycles. The Morgan fingerprint density at radius 1 is 0.931 bits per heavy atom. The van der Waals surface area contributed by atoms with Crippen LogP contribution in [0.5, 0.6) is 0 Å². The van der Waals surface area contributed by atoms with Gasteiger partial charge >= 0.3 is 5.97 Å². The molecule has 0 aliphatic rings. The van der Waals surface area contributed by atoms with Gasteiger partial charge in [0.15, 0.2) is 12.4 Å². The number of carbonyl (C=O) groups excluding carboxylic acids is 4. The largest absolute Gasteiger partial charge is 0.459 e. The number of hydrogen-bond donors (Lipinski definition) is 2. The molecule has 0 bridgehead atoms. The summed E-state index contributed by atoms with van der Waals surface area (Å²) in [5.41, 5.74) is 0.762. The van der Waals surface area contributed by atoms with E-state index in [2.05, 4.69) is 10.6 Å². The van der Waals surface area contributed by atoms with Crippen molar-refractivity contribution in [3.63, 3.8) is 0 Å². The van der Waals surface area contributed by atoms with Gasteiger partial charge in [0.25, 0.3) is 11.8 Å². The molecule has 0 aliphatic heterocycles. The summed E-state index contributed by atoms with van der Waals surface area (Å²) < 4.78 is 9.89. The first-order valence-electron chi connectivity index (χ1n) is 8.49. The average Bonchev–Trinajstić information content (AvgIpc) is 3.39. The maximum Gasteiger partial charge on any atom is 0.348 e. The van der Waals surface area contributed by atoms with Crippen LogP contribution in [0.3, 0.4) is 0 Å². The third-order valence-corrected chi connectivity index (χ3v) is 4.59. The number of carbonyl (C=O) groups is 4. The van der Waals surface area contributed by atoms with Crippen LogP contribution >= 0.6 is 11.3 Å². The van der Waals surface area contributed by atoms with Crippen LogP contribution in [0.1, 0.15) is 25.8 Å². The summed E-state index contributed by atoms with van der Waals surface area (Å²) in [4.78, 5) is 47.8. The second-order valence-electron chi connectivity index (χ2n) is 5.81. The first-order chi connectivity index (χ1) is 14.0. The van der Waals surface area contributed by atoms with Crippen LogP contribution in [0, 0.1) is 0 Å². The van der Waals surface area contributed by atoms with Gasteiger partial charge in [-0.15, -0.1) is 11.3 Å². The van der Waals surface area contributed by atoms with E-state index in [-0.39, 0.29) is 17.1 Å². The molecule has 3 amide bonds. The molecule has 3 rings (SSSR count). The van der Waals surface area contributed by atoms with Crippen LogP contribution in [0.25, 0.3) is 0 Å². The van der Waals surface area contributed by atoms with E-state index in [1.54, 1.807) is 30.3 Å². The van der Waals surface area contributed by atoms with Crippen molar-refractivity contribution >= 4 is 40.0 Å². The van der Waals surface area contributed by atoms with E-state index in [1.807, 2.05) is 6.07 Å². The molecule has 8 nitrogen and oxygen atoms in total. The molecule has 0 aliphatic carbocycles. The highest BCUT2D eigenvalue weighted by Gasteiger charge is 2.16. The Morgan fingerprint density at radius 2 is 1.72 bits per heavy atom. The van der Waals surface area contributed by atoms with Gasteiger partial charge in [0, 0.05) is 0 Å². The predicted molar refractivity (Wildman–Crippen MR) is 105 cm³/mol. The van der Waals surface area contributed by atoms with Crippen molar-refractivity contribution in [2.45, 2.75) is 6.42 Å². The summed E-state index contributed by atoms with van der Waals surface area (Å²) in [5, 5.41) is 5.17. The molecule has 0 unspecified atom stereocenters. The molecule has 3 aromatic rings. The molecule has 2 N–H and O–H groups in total. The number of benzene rings is 1. The van der Waals surface area contributed by atoms with E-state index in [0.717, 1.165) is 16.9 Å². The van der Waals surface area contributed by atoms with Crippen molar-refractivity contribution in [3.8, 4) is 0 Å². The lowest BCUT2D eigenvalue weighted by Gasteiger charge is -2.05. The number of esters is 1. The fourth-order valence-corrected chi connectivity index (χ4v) is 3.11. The lowest BCUT2D eigenvalue weighted by molar-refractivity contribution is -0.132. The monoisotopic (exact) mass is 412 g/mol. The van der Waals surface area contributed by atoms with Gasteiger partial charge < -0.3 is 14.5 Å². The smallest absolute Gasteiger partial charge is 0.348 e. The van der Waals surface area contributed by atoms with Crippen molar-refractivity contribution in [1.82, 2.24) is 5.32 Å². The maximum absolute atomic E-state index is 12.0. The third-order valence-electron chi connectivity index (χ3n) is 3.61. The minimum absolute atomic E-state index is 0.0458. The Morgan fingerprint density at radius 3 is 2.45 bits per heavy atom. The van der Waals surface area contributed by atoms with Crippen molar-refractivity contribution in [2.24, 2.45) is 0 Å². The molecule has 0 spiro atoms. The maximum atomic E-state index is 12.0. The fourth-order valence-electron chi connectivity index (χ4n) is 2.32. The van der Waals surface area contributed by atoms with E-state index in [4.69, 9.17) is 9.15 Å². The van der Waals surface area contributed by atoms with E-state index in [0.29, 0.717) is 5.00 Å². The Bertz CT molecular complexity index is 1010. The van der Waals surface area contributed by atoms with Gasteiger partial charge in [-0.05, 0) is 29.8 Å². The Kier molecular flexibility index (Phi) is 6.54. The van der Waals surface area contributed by atoms with E-state index in [1.165, 1.54) is 24.5 Å². The highest BCUT2D eigenvalue weighted by Crippen LogP contribution is 2.23. The molecule has 1 aromatic carbocycles. The van der Waals surface area contributed by atoms with Crippen LogP contribution in [0.4, 0.5) is 5.00 Å². The normalized spacial score (nSPS) is 10.2. The number of thiophene rings is 1. The summed E-state index contributed by atoms with van der Waals surface area (Å²) in [6, 6.07) is 15.0. The SMILES string of the molecule is O=C(COC(=O)c1ccc(NC(=O)c2ccco2)s1)NC(=O)Cc1ccccc1. The minimum Gasteiger partial charge on any atom is -0.459 e. The summed E-state index contributed by atoms with van der Waals surface area (Å²) >= 11 is 0.987. The Balaban J connectivity index is 1.44. The minimum atomic E-state index is -0.737. The van der Waals surface area contributed by atoms with Crippen LogP contribution in [-0.2, 0) is 20.7 Å². The zero-order chi connectivity index (χ0) is 20.6. The molecule has 29 heavy (non-hydrogen) atoms. The van der Waals surface area contributed by atoms with Gasteiger partial charge in [-0.25, -0.2) is 4.79 Å². The lowest BCUT2D eigenvalue weighted by atomic mass is 10.1. The lowest BCUT2D eigenvalue weighted by Crippen LogP contribution is -2.35. The highest BCUT2D eigenvalue weighted by atomic mass is 32.1. The molecule has 0 radical (unpaired) electrons. The van der Waals surface area contributed by atoms with Crippen molar-refractivity contribution in [3.05, 3.63) is 77.1 Å². The van der Waals surface area contributed by atoms with Gasteiger partial charge in [-0.2, -0.15) is 0 Å². The molecular weight excluding hydrogens is 396 g/mol. The molecule has 0 saturated carbocycles. The van der Waals surface area contributed by atoms with Crippen LogP contribution in [-0.4, -0.2) is 30.3 Å². The number of amides is 3. The zero-order valence-electron chi connectivity index (χ0n) is 15.0. The molecule has 0 fully saturated rings. The number of furan rings is 1. The number of nitrogens with one attached hydrogen (secondary N) is 2. The van der Waals surface area contributed by atoms with Crippen LogP contribution < -0.4 is 10.6 Å². The molecule has 0 atom stereocenters. The topological polar surface area (TPSA) is 115 Å². The molecule has 2 aromatic heterocycles. The Labute approximate surface area is 169 Å². The number of ether oxygens (including phenoxy) is 1. The van der Waals surface area contributed by atoms with Gasteiger partial charge in [0.05, 0.1) is 17.7 Å². The van der Waals surface area contributed by atoms with Crippen molar-refractivity contribution < 1.29 is 28.3 Å². The molecular formula is C20H16N2O6S. The fraction of sp³-hybridized carbons (Fsp3) is 0.100. The number of anilines is 1. The quantitative estimate of drug-likeness (QED) is 0.577. The number of rotatable bonds is 7. The van der Waals surface area contributed by atoms with Crippen LogP contribution in [0.15, 0.2) is 65.3 Å². The Hall–Kier alpha value is -3.72. The van der Waals surface area contributed by atoms with E-state index < -0.39 is 30.3 Å². The number of hydrogen-bond acceptors (Lipinski definition) is 7. The summed E-state index contributed by atoms with van der Waals surface area (Å²) in [5.74, 6) is -2.26. The molecule has 2 heterocycles. The summed E-state index contributed by atoms with van der Waals surface area (Å²) in [7, 11) is 0. The van der Waals surface area contributed by atoms with E-state index in [9.17, 15) is 19.2 Å². The zero-order valence-corrected chi connectivity index (χ0v) is 15.9. The molecule has 9 heteroatoms. The van der Waals surface area contributed by atoms with Crippen molar-refractivity contribution in [2.75, 3.05) is 11.9 Å². The summed E-state index contributed by atoms with van der Waals surface area (Å²) in [6.07, 6.45) is 1.42. The first kappa shape index (κ1) is 20.0. The van der Waals surface area contributed by atoms with Gasteiger partial charge in [-0.1, -0.05) is 30.3 Å². The molecule has 148 valence electrons. The van der Waals surface area contributed by atoms with Gasteiger partial charge in [-0.3, -0.25) is 19.7 Å². The van der Waals surface area contributed by atoms with Crippen molar-refractivity contribution in [1.29, 1.82) is 0 Å². The van der Waals surface area contributed by atoms with Gasteiger partial charge in [0.1, 0.15) is 4.88 Å². The predicted octanol–water partition coefficient (Wildman–Crippen LogP) is 2.64. The standard InChI is InChI=1S/C20H16N2O6S/c23-16(11-13-5-2-1-3-6-13)21-17(24)12-28-20(26)15-8-9-18(29-15)22-19(25)14-7-4-10-27-14/h1-10H,11-12H2,(H,22,25)(H,21,23,24). The summed E-state index contributed by atoms with van der Waals surface area (Å²) in [6.45, 7) is -0.592. The van der Waals surface area contributed by atoms with E-state index >= 15 is 0 Å². The third kappa shape index (κ3) is 5.88. The van der Waals surface area contributed by atoms with Gasteiger partial charge in [0.2, 0.25) is 5.91 Å². The first-order valence-corrected chi connectivity index (χ1v) is 9.31. The second-order valence-corrected chi connectivity index (χ2v) is 6.89.